The summed E-state index contributed by atoms with van der Waals surface area (Å²) in [5.74, 6) is 0. The summed E-state index contributed by atoms with van der Waals surface area (Å²) in [6.45, 7) is 10.9. The summed E-state index contributed by atoms with van der Waals surface area (Å²) in [6, 6.07) is 6.27. The van der Waals surface area contributed by atoms with Crippen LogP contribution in [0.2, 0.25) is 0 Å². The van der Waals surface area contributed by atoms with Crippen LogP contribution in [0.4, 0.5) is 0 Å². The van der Waals surface area contributed by atoms with E-state index in [2.05, 4.69) is 76.0 Å². The number of nitrogens with zero attached hydrogens (tertiary/aromatic N) is 1. The van der Waals surface area contributed by atoms with Gasteiger partial charge in [-0.3, -0.25) is 4.98 Å². The predicted octanol–water partition coefficient (Wildman–Crippen LogP) is 6.74. The highest BCUT2D eigenvalue weighted by atomic mass is 14.7. The van der Waals surface area contributed by atoms with E-state index in [-0.39, 0.29) is 0 Å². The van der Waals surface area contributed by atoms with E-state index >= 15 is 0 Å². The second-order valence-corrected chi connectivity index (χ2v) is 6.77. The Morgan fingerprint density at radius 1 is 0.870 bits per heavy atom. The van der Waals surface area contributed by atoms with Crippen molar-refractivity contribution in [2.75, 3.05) is 0 Å². The molecule has 0 fully saturated rings. The normalized spacial score (nSPS) is 12.4. The second-order valence-electron chi connectivity index (χ2n) is 6.77. The summed E-state index contributed by atoms with van der Waals surface area (Å²) >= 11 is 0. The third-order valence-electron chi connectivity index (χ3n) is 3.96. The van der Waals surface area contributed by atoms with Crippen LogP contribution < -0.4 is 0 Å². The predicted molar refractivity (Wildman–Crippen MR) is 103 cm³/mol. The fourth-order valence-corrected chi connectivity index (χ4v) is 2.54. The quantitative estimate of drug-likeness (QED) is 0.460. The Balaban J connectivity index is 2.27. The lowest BCUT2D eigenvalue weighted by Crippen LogP contribution is -1.91. The van der Waals surface area contributed by atoms with E-state index in [1.54, 1.807) is 0 Å². The Hall–Kier alpha value is -1.63. The molecule has 0 aliphatic heterocycles. The molecular formula is C22H33N. The highest BCUT2D eigenvalue weighted by Gasteiger charge is 1.95. The van der Waals surface area contributed by atoms with Gasteiger partial charge in [-0.25, -0.2) is 0 Å². The molecule has 0 saturated carbocycles. The third-order valence-corrected chi connectivity index (χ3v) is 3.96. The summed E-state index contributed by atoms with van der Waals surface area (Å²) in [6.07, 6.45) is 13.9. The van der Waals surface area contributed by atoms with Crippen molar-refractivity contribution in [2.24, 2.45) is 0 Å². The van der Waals surface area contributed by atoms with Gasteiger partial charge in [0.05, 0.1) is 0 Å². The summed E-state index contributed by atoms with van der Waals surface area (Å²) in [5.41, 5.74) is 6.73. The average molecular weight is 312 g/mol. The molecule has 1 aromatic heterocycles. The Labute approximate surface area is 143 Å². The molecule has 0 amide bonds. The molecule has 126 valence electrons. The van der Waals surface area contributed by atoms with Gasteiger partial charge >= 0.3 is 0 Å². The van der Waals surface area contributed by atoms with Gasteiger partial charge in [0.1, 0.15) is 0 Å². The molecule has 0 aliphatic carbocycles. The first kappa shape index (κ1) is 19.4. The van der Waals surface area contributed by atoms with Gasteiger partial charge in [0.25, 0.3) is 0 Å². The lowest BCUT2D eigenvalue weighted by atomic mass is 10.1. The van der Waals surface area contributed by atoms with Crippen molar-refractivity contribution < 1.29 is 0 Å². The molecule has 1 heterocycles. The number of hydrogen-bond donors (Lipinski definition) is 0. The number of aromatic nitrogens is 1. The van der Waals surface area contributed by atoms with Crippen molar-refractivity contribution in [3.63, 3.8) is 0 Å². The van der Waals surface area contributed by atoms with E-state index in [4.69, 9.17) is 0 Å². The molecule has 0 N–H and O–H groups in total. The van der Waals surface area contributed by atoms with Crippen LogP contribution in [0.1, 0.15) is 71.2 Å². The fraction of sp³-hybridized carbons (Fsp3) is 0.500. The minimum Gasteiger partial charge on any atom is -0.258 e. The maximum absolute atomic E-state index is 4.55. The van der Waals surface area contributed by atoms with E-state index in [1.165, 1.54) is 41.7 Å². The van der Waals surface area contributed by atoms with Crippen LogP contribution in [0, 0.1) is 6.92 Å². The lowest BCUT2D eigenvalue weighted by molar-refractivity contribution is 0.889. The Morgan fingerprint density at radius 2 is 1.48 bits per heavy atom. The number of pyridine rings is 1. The molecule has 1 rings (SSSR count). The summed E-state index contributed by atoms with van der Waals surface area (Å²) in [4.78, 5) is 4.55. The molecule has 1 aromatic rings. The van der Waals surface area contributed by atoms with Crippen LogP contribution in [0.15, 0.2) is 53.1 Å². The lowest BCUT2D eigenvalue weighted by Gasteiger charge is -2.02. The van der Waals surface area contributed by atoms with Gasteiger partial charge in [-0.2, -0.15) is 0 Å². The molecule has 0 unspecified atom stereocenters. The first-order valence-electron chi connectivity index (χ1n) is 8.84. The zero-order valence-electron chi connectivity index (χ0n) is 15.7. The monoisotopic (exact) mass is 311 g/mol. The highest BCUT2D eigenvalue weighted by Crippen LogP contribution is 2.12. The molecule has 0 saturated heterocycles. The molecule has 23 heavy (non-hydrogen) atoms. The number of allylic oxidation sites excluding steroid dienone is 6. The van der Waals surface area contributed by atoms with E-state index in [0.717, 1.165) is 25.0 Å². The zero-order chi connectivity index (χ0) is 17.1. The molecule has 1 heteroatoms. The number of aryl methyl sites for hydroxylation is 2. The maximum Gasteiger partial charge on any atom is 0.0409 e. The highest BCUT2D eigenvalue weighted by molar-refractivity contribution is 5.11. The molecule has 0 radical (unpaired) electrons. The summed E-state index contributed by atoms with van der Waals surface area (Å²) < 4.78 is 0. The molecule has 0 spiro atoms. The van der Waals surface area contributed by atoms with Crippen molar-refractivity contribution >= 4 is 0 Å². The molecule has 1 nitrogen and oxygen atoms in total. The Bertz CT molecular complexity index is 557. The fourth-order valence-electron chi connectivity index (χ4n) is 2.54. The Kier molecular flexibility index (Phi) is 9.28. The van der Waals surface area contributed by atoms with Crippen molar-refractivity contribution in [1.29, 1.82) is 0 Å². The summed E-state index contributed by atoms with van der Waals surface area (Å²) in [7, 11) is 0. The minimum absolute atomic E-state index is 1.04. The van der Waals surface area contributed by atoms with Crippen LogP contribution >= 0.6 is 0 Å². The van der Waals surface area contributed by atoms with Gasteiger partial charge in [0, 0.05) is 11.4 Å². The van der Waals surface area contributed by atoms with Crippen LogP contribution in [0.3, 0.4) is 0 Å². The number of hydrogen-bond acceptors (Lipinski definition) is 1. The van der Waals surface area contributed by atoms with Crippen LogP contribution in [0.25, 0.3) is 0 Å². The van der Waals surface area contributed by atoms with E-state index < -0.39 is 0 Å². The standard InChI is InChI=1S/C22H33N/c1-18(2)10-6-11-19(3)12-7-13-20(4)14-8-16-22-17-9-15-21(5)23-22/h9-10,12,14-15,17H,6-8,11,13,16H2,1-5H3/b19-12+,20-14+. The van der Waals surface area contributed by atoms with E-state index in [9.17, 15) is 0 Å². The Morgan fingerprint density at radius 3 is 2.09 bits per heavy atom. The maximum atomic E-state index is 4.55. The smallest absolute Gasteiger partial charge is 0.0409 e. The van der Waals surface area contributed by atoms with E-state index in [1.807, 2.05) is 0 Å². The first-order chi connectivity index (χ1) is 11.0. The van der Waals surface area contributed by atoms with Gasteiger partial charge in [-0.15, -0.1) is 0 Å². The minimum atomic E-state index is 1.04. The van der Waals surface area contributed by atoms with Gasteiger partial charge in [-0.1, -0.05) is 41.0 Å². The molecule has 0 aliphatic rings. The zero-order valence-corrected chi connectivity index (χ0v) is 15.7. The van der Waals surface area contributed by atoms with Gasteiger partial charge in [-0.05, 0) is 85.3 Å². The first-order valence-corrected chi connectivity index (χ1v) is 8.84. The van der Waals surface area contributed by atoms with Crippen LogP contribution in [0.5, 0.6) is 0 Å². The van der Waals surface area contributed by atoms with Crippen molar-refractivity contribution in [3.05, 3.63) is 64.5 Å². The second kappa shape index (κ2) is 11.0. The van der Waals surface area contributed by atoms with Crippen molar-refractivity contribution in [3.8, 4) is 0 Å². The molecule has 0 aromatic carbocycles. The topological polar surface area (TPSA) is 12.9 Å². The van der Waals surface area contributed by atoms with E-state index in [0.29, 0.717) is 0 Å². The molecular weight excluding hydrogens is 278 g/mol. The largest absolute Gasteiger partial charge is 0.258 e. The molecule has 0 atom stereocenters. The average Bonchev–Trinajstić information content (AvgIpc) is 2.47. The van der Waals surface area contributed by atoms with Gasteiger partial charge < -0.3 is 0 Å². The summed E-state index contributed by atoms with van der Waals surface area (Å²) in [5, 5.41) is 0. The number of rotatable bonds is 9. The van der Waals surface area contributed by atoms with Crippen molar-refractivity contribution in [2.45, 2.75) is 73.1 Å². The molecule has 0 bridgehead atoms. The van der Waals surface area contributed by atoms with Crippen LogP contribution in [-0.4, -0.2) is 4.98 Å². The SMILES string of the molecule is CC(C)=CCC/C(C)=C/CC/C(C)=C/CCc1cccc(C)n1. The third kappa shape index (κ3) is 9.89. The van der Waals surface area contributed by atoms with Crippen LogP contribution in [-0.2, 0) is 6.42 Å². The van der Waals surface area contributed by atoms with Gasteiger partial charge in [0.15, 0.2) is 0 Å². The van der Waals surface area contributed by atoms with Gasteiger partial charge in [0.2, 0.25) is 0 Å². The van der Waals surface area contributed by atoms with Crippen molar-refractivity contribution in [1.82, 2.24) is 4.98 Å².